The van der Waals surface area contributed by atoms with Gasteiger partial charge in [-0.1, -0.05) is 23.2 Å². The highest BCUT2D eigenvalue weighted by Crippen LogP contribution is 2.26. The number of amides is 1. The summed E-state index contributed by atoms with van der Waals surface area (Å²) < 4.78 is 7.38. The Labute approximate surface area is 177 Å². The summed E-state index contributed by atoms with van der Waals surface area (Å²) in [6.45, 7) is 1.03. The van der Waals surface area contributed by atoms with Gasteiger partial charge in [0.25, 0.3) is 5.91 Å². The van der Waals surface area contributed by atoms with Crippen molar-refractivity contribution in [2.75, 3.05) is 6.54 Å². The lowest BCUT2D eigenvalue weighted by Crippen LogP contribution is -2.26. The summed E-state index contributed by atoms with van der Waals surface area (Å²) in [5.74, 6) is 0.339. The number of carbonyl (C=O) groups is 1. The number of fused-ring (bicyclic) bond motifs is 1. The van der Waals surface area contributed by atoms with Gasteiger partial charge >= 0.3 is 0 Å². The quantitative estimate of drug-likeness (QED) is 0.398. The first-order chi connectivity index (χ1) is 13.5. The molecule has 0 unspecified atom stereocenters. The molecule has 144 valence electrons. The van der Waals surface area contributed by atoms with Crippen LogP contribution in [0, 0.1) is 0 Å². The number of nitrogens with zero attached hydrogens (tertiary/aromatic N) is 4. The third kappa shape index (κ3) is 3.65. The van der Waals surface area contributed by atoms with Gasteiger partial charge in [-0.05, 0) is 28.4 Å². The second-order valence-electron chi connectivity index (χ2n) is 5.91. The fourth-order valence-corrected chi connectivity index (χ4v) is 3.54. The first-order valence-corrected chi connectivity index (χ1v) is 9.80. The van der Waals surface area contributed by atoms with Crippen molar-refractivity contribution < 1.29 is 9.21 Å². The van der Waals surface area contributed by atoms with Gasteiger partial charge in [0.15, 0.2) is 10.8 Å². The standard InChI is InChI=1S/C17H13BrCl2N6O2/c18-10-6-22-16-12(24-15(25-16)9-2-5-28-7-9)11(10)17(27)21-3-1-4-26-8-23-13(19)14(26)20/h2,5-8H,1,3-4H2,(H,21,27)(H,22,24,25). The topological polar surface area (TPSA) is 102 Å². The summed E-state index contributed by atoms with van der Waals surface area (Å²) in [6.07, 6.45) is 6.91. The molecule has 2 N–H and O–H groups in total. The fourth-order valence-electron chi connectivity index (χ4n) is 2.73. The van der Waals surface area contributed by atoms with Crippen LogP contribution in [0.4, 0.5) is 0 Å². The minimum absolute atomic E-state index is 0.239. The number of aromatic nitrogens is 5. The Kier molecular flexibility index (Phi) is 5.38. The predicted octanol–water partition coefficient (Wildman–Crippen LogP) is 4.30. The molecule has 4 aromatic rings. The van der Waals surface area contributed by atoms with Crippen molar-refractivity contribution in [2.45, 2.75) is 13.0 Å². The van der Waals surface area contributed by atoms with Crippen molar-refractivity contribution >= 4 is 56.2 Å². The molecule has 0 aliphatic heterocycles. The second kappa shape index (κ2) is 7.94. The molecule has 0 spiro atoms. The minimum Gasteiger partial charge on any atom is -0.472 e. The summed E-state index contributed by atoms with van der Waals surface area (Å²) in [7, 11) is 0. The number of rotatable bonds is 6. The molecule has 11 heteroatoms. The molecule has 4 rings (SSSR count). The summed E-state index contributed by atoms with van der Waals surface area (Å²) in [5, 5.41) is 3.55. The maximum absolute atomic E-state index is 12.8. The number of pyridine rings is 1. The molecule has 8 nitrogen and oxygen atoms in total. The largest absolute Gasteiger partial charge is 0.472 e. The molecule has 0 saturated heterocycles. The van der Waals surface area contributed by atoms with Gasteiger partial charge in [0.2, 0.25) is 0 Å². The molecule has 4 heterocycles. The van der Waals surface area contributed by atoms with Crippen LogP contribution in [-0.4, -0.2) is 37.0 Å². The van der Waals surface area contributed by atoms with Crippen LogP contribution in [0.3, 0.4) is 0 Å². The van der Waals surface area contributed by atoms with Crippen LogP contribution in [0.5, 0.6) is 0 Å². The molecule has 0 saturated carbocycles. The van der Waals surface area contributed by atoms with E-state index < -0.39 is 0 Å². The van der Waals surface area contributed by atoms with Crippen molar-refractivity contribution in [1.82, 2.24) is 29.8 Å². The highest BCUT2D eigenvalue weighted by molar-refractivity contribution is 9.10. The molecule has 4 aromatic heterocycles. The van der Waals surface area contributed by atoms with Crippen LogP contribution < -0.4 is 5.32 Å². The minimum atomic E-state index is -0.239. The molecule has 28 heavy (non-hydrogen) atoms. The number of nitrogens with one attached hydrogen (secondary N) is 2. The molecule has 0 bridgehead atoms. The number of aromatic amines is 1. The van der Waals surface area contributed by atoms with E-state index in [0.29, 0.717) is 51.7 Å². The normalized spacial score (nSPS) is 11.2. The van der Waals surface area contributed by atoms with Crippen LogP contribution in [-0.2, 0) is 6.54 Å². The summed E-state index contributed by atoms with van der Waals surface area (Å²) in [4.78, 5) is 28.5. The van der Waals surface area contributed by atoms with E-state index in [1.54, 1.807) is 35.7 Å². The van der Waals surface area contributed by atoms with Gasteiger partial charge in [0.1, 0.15) is 17.2 Å². The molecule has 0 fully saturated rings. The molecular formula is C17H13BrCl2N6O2. The van der Waals surface area contributed by atoms with Crippen molar-refractivity contribution in [3.63, 3.8) is 0 Å². The first-order valence-electron chi connectivity index (χ1n) is 8.25. The van der Waals surface area contributed by atoms with Crippen molar-refractivity contribution in [3.05, 3.63) is 51.5 Å². The van der Waals surface area contributed by atoms with E-state index in [1.165, 1.54) is 0 Å². The number of furan rings is 1. The first kappa shape index (κ1) is 19.0. The number of imidazole rings is 2. The fraction of sp³-hybridized carbons (Fsp3) is 0.176. The number of aryl methyl sites for hydroxylation is 1. The smallest absolute Gasteiger partial charge is 0.254 e. The second-order valence-corrected chi connectivity index (χ2v) is 7.48. The van der Waals surface area contributed by atoms with E-state index in [4.69, 9.17) is 27.6 Å². The Morgan fingerprint density at radius 1 is 1.36 bits per heavy atom. The summed E-state index contributed by atoms with van der Waals surface area (Å²) in [5.41, 5.74) is 2.21. The average Bonchev–Trinajstić information content (AvgIpc) is 3.41. The molecule has 0 aliphatic carbocycles. The molecule has 1 amide bonds. The van der Waals surface area contributed by atoms with E-state index in [9.17, 15) is 4.79 Å². The van der Waals surface area contributed by atoms with Crippen LogP contribution in [0.2, 0.25) is 10.3 Å². The van der Waals surface area contributed by atoms with Gasteiger partial charge in [0.05, 0.1) is 33.7 Å². The van der Waals surface area contributed by atoms with E-state index in [2.05, 4.69) is 41.2 Å². The average molecular weight is 484 g/mol. The zero-order valence-electron chi connectivity index (χ0n) is 14.2. The van der Waals surface area contributed by atoms with E-state index in [1.807, 2.05) is 0 Å². The van der Waals surface area contributed by atoms with E-state index in [-0.39, 0.29) is 11.1 Å². The predicted molar refractivity (Wildman–Crippen MR) is 108 cm³/mol. The highest BCUT2D eigenvalue weighted by Gasteiger charge is 2.19. The SMILES string of the molecule is O=C(NCCCn1cnc(Cl)c1Cl)c1c(Br)cnc2nc(-c3ccoc3)[nH]c12. The molecular weight excluding hydrogens is 471 g/mol. The van der Waals surface area contributed by atoms with E-state index >= 15 is 0 Å². The zero-order chi connectivity index (χ0) is 19.7. The van der Waals surface area contributed by atoms with Gasteiger partial charge in [0, 0.05) is 19.3 Å². The van der Waals surface area contributed by atoms with Gasteiger partial charge in [-0.3, -0.25) is 4.79 Å². The highest BCUT2D eigenvalue weighted by atomic mass is 79.9. The van der Waals surface area contributed by atoms with Crippen molar-refractivity contribution in [2.24, 2.45) is 0 Å². The monoisotopic (exact) mass is 482 g/mol. The Bertz CT molecular complexity index is 1140. The van der Waals surface area contributed by atoms with Crippen molar-refractivity contribution in [1.29, 1.82) is 0 Å². The third-order valence-electron chi connectivity index (χ3n) is 4.09. The number of hydrogen-bond donors (Lipinski definition) is 2. The lowest BCUT2D eigenvalue weighted by molar-refractivity contribution is 0.0953. The van der Waals surface area contributed by atoms with E-state index in [0.717, 1.165) is 5.56 Å². The third-order valence-corrected chi connectivity index (χ3v) is 5.46. The Hall–Kier alpha value is -2.36. The van der Waals surface area contributed by atoms with Gasteiger partial charge in [-0.25, -0.2) is 15.0 Å². The Balaban J connectivity index is 1.49. The van der Waals surface area contributed by atoms with Crippen molar-refractivity contribution in [3.8, 4) is 11.4 Å². The van der Waals surface area contributed by atoms with Crippen LogP contribution in [0.15, 0.2) is 40.0 Å². The van der Waals surface area contributed by atoms with Crippen LogP contribution in [0.1, 0.15) is 16.8 Å². The van der Waals surface area contributed by atoms with Crippen LogP contribution in [0.25, 0.3) is 22.6 Å². The maximum atomic E-state index is 12.8. The molecule has 0 radical (unpaired) electrons. The van der Waals surface area contributed by atoms with Gasteiger partial charge in [-0.2, -0.15) is 0 Å². The number of hydrogen-bond acceptors (Lipinski definition) is 5. The molecule has 0 aromatic carbocycles. The number of halogens is 3. The molecule has 0 atom stereocenters. The zero-order valence-corrected chi connectivity index (χ0v) is 17.3. The Morgan fingerprint density at radius 3 is 2.93 bits per heavy atom. The van der Waals surface area contributed by atoms with Crippen LogP contribution >= 0.6 is 39.1 Å². The maximum Gasteiger partial charge on any atom is 0.254 e. The summed E-state index contributed by atoms with van der Waals surface area (Å²) in [6, 6.07) is 1.78. The lowest BCUT2D eigenvalue weighted by atomic mass is 10.2. The summed E-state index contributed by atoms with van der Waals surface area (Å²) >= 11 is 15.3. The molecule has 0 aliphatic rings. The number of carbonyl (C=O) groups excluding carboxylic acids is 1. The van der Waals surface area contributed by atoms with Gasteiger partial charge < -0.3 is 19.3 Å². The number of H-pyrrole nitrogens is 1. The van der Waals surface area contributed by atoms with Gasteiger partial charge in [-0.15, -0.1) is 0 Å². The Morgan fingerprint density at radius 2 is 2.21 bits per heavy atom. The lowest BCUT2D eigenvalue weighted by Gasteiger charge is -2.08.